The second-order valence-corrected chi connectivity index (χ2v) is 9.84. The lowest BCUT2D eigenvalue weighted by Crippen LogP contribution is -2.44. The highest BCUT2D eigenvalue weighted by Gasteiger charge is 2.24. The van der Waals surface area contributed by atoms with E-state index in [1.807, 2.05) is 13.8 Å². The fourth-order valence-electron chi connectivity index (χ4n) is 3.48. The maximum Gasteiger partial charge on any atom is 0.407 e. The molecule has 0 aromatic heterocycles. The van der Waals surface area contributed by atoms with Crippen molar-refractivity contribution in [2.75, 3.05) is 32.8 Å². The minimum atomic E-state index is -0.763. The average Bonchev–Trinajstić information content (AvgIpc) is 2.78. The second kappa shape index (κ2) is 10.4. The molecule has 2 amide bonds. The number of nitrogens with one attached hydrogen (secondary N) is 1. The number of carbonyl (C=O) groups excluding carboxylic acids is 2. The van der Waals surface area contributed by atoms with Gasteiger partial charge in [-0.3, -0.25) is 4.79 Å². The van der Waals surface area contributed by atoms with E-state index in [0.717, 1.165) is 0 Å². The van der Waals surface area contributed by atoms with E-state index < -0.39 is 23.1 Å². The minimum Gasteiger partial charge on any atom is -0.486 e. The molecule has 1 aliphatic rings. The Morgan fingerprint density at radius 2 is 1.68 bits per heavy atom. The van der Waals surface area contributed by atoms with Gasteiger partial charge in [-0.25, -0.2) is 9.18 Å². The standard InChI is InChI=1S/C26H33FN2O5/c1-25(2,3)34-24(31)28-17-26(4,5)33-20-10-11-22(27)21(16-20)18-6-8-19(9-7-18)23(30)29-12-14-32-15-13-29/h6-11,16H,12-15,17H2,1-5H3,(H,28,31). The molecule has 1 fully saturated rings. The van der Waals surface area contributed by atoms with E-state index >= 15 is 0 Å². The normalized spacial score (nSPS) is 14.5. The van der Waals surface area contributed by atoms with Crippen LogP contribution in [0.15, 0.2) is 42.5 Å². The van der Waals surface area contributed by atoms with Gasteiger partial charge in [0, 0.05) is 24.2 Å². The van der Waals surface area contributed by atoms with Crippen molar-refractivity contribution in [2.24, 2.45) is 0 Å². The number of morpholine rings is 1. The van der Waals surface area contributed by atoms with E-state index in [1.54, 1.807) is 62.1 Å². The highest BCUT2D eigenvalue weighted by atomic mass is 19.1. The highest BCUT2D eigenvalue weighted by molar-refractivity contribution is 5.94. The van der Waals surface area contributed by atoms with E-state index in [1.165, 1.54) is 6.07 Å². The molecule has 1 saturated heterocycles. The zero-order chi connectivity index (χ0) is 24.9. The molecule has 0 bridgehead atoms. The molecular formula is C26H33FN2O5. The summed E-state index contributed by atoms with van der Waals surface area (Å²) in [4.78, 5) is 26.3. The first-order valence-corrected chi connectivity index (χ1v) is 11.4. The Balaban J connectivity index is 1.68. The van der Waals surface area contributed by atoms with Crippen LogP contribution in [0, 0.1) is 5.82 Å². The molecule has 34 heavy (non-hydrogen) atoms. The topological polar surface area (TPSA) is 77.1 Å². The first-order chi connectivity index (χ1) is 15.9. The van der Waals surface area contributed by atoms with Gasteiger partial charge in [0.25, 0.3) is 5.91 Å². The summed E-state index contributed by atoms with van der Waals surface area (Å²) in [5, 5.41) is 2.70. The molecule has 0 unspecified atom stereocenters. The van der Waals surface area contributed by atoms with E-state index in [0.29, 0.717) is 48.7 Å². The van der Waals surface area contributed by atoms with E-state index in [-0.39, 0.29) is 12.5 Å². The van der Waals surface area contributed by atoms with Gasteiger partial charge in [0.2, 0.25) is 0 Å². The molecule has 7 nitrogen and oxygen atoms in total. The van der Waals surface area contributed by atoms with Gasteiger partial charge in [-0.05, 0) is 70.5 Å². The zero-order valence-corrected chi connectivity index (χ0v) is 20.4. The van der Waals surface area contributed by atoms with Crippen LogP contribution in [0.1, 0.15) is 45.0 Å². The number of amides is 2. The van der Waals surface area contributed by atoms with Crippen molar-refractivity contribution in [3.05, 3.63) is 53.8 Å². The summed E-state index contributed by atoms with van der Waals surface area (Å²) in [6, 6.07) is 11.4. The third-order valence-corrected chi connectivity index (χ3v) is 5.13. The SMILES string of the molecule is CC(C)(C)OC(=O)NCC(C)(C)Oc1ccc(F)c(-c2ccc(C(=O)N3CCOCC3)cc2)c1. The Labute approximate surface area is 200 Å². The largest absolute Gasteiger partial charge is 0.486 e. The highest BCUT2D eigenvalue weighted by Crippen LogP contribution is 2.29. The lowest BCUT2D eigenvalue weighted by Gasteiger charge is -2.28. The third-order valence-electron chi connectivity index (χ3n) is 5.13. The Morgan fingerprint density at radius 1 is 1.03 bits per heavy atom. The van der Waals surface area contributed by atoms with Crippen LogP contribution in [0.3, 0.4) is 0 Å². The summed E-state index contributed by atoms with van der Waals surface area (Å²) >= 11 is 0. The van der Waals surface area contributed by atoms with Gasteiger partial charge in [-0.15, -0.1) is 0 Å². The monoisotopic (exact) mass is 472 g/mol. The smallest absolute Gasteiger partial charge is 0.407 e. The molecule has 2 aromatic carbocycles. The summed E-state index contributed by atoms with van der Waals surface area (Å²) in [6.45, 7) is 11.4. The van der Waals surface area contributed by atoms with Crippen molar-refractivity contribution in [3.63, 3.8) is 0 Å². The number of hydrogen-bond donors (Lipinski definition) is 1. The maximum atomic E-state index is 14.6. The third kappa shape index (κ3) is 7.18. The maximum absolute atomic E-state index is 14.6. The van der Waals surface area contributed by atoms with Crippen LogP contribution in [-0.2, 0) is 9.47 Å². The lowest BCUT2D eigenvalue weighted by molar-refractivity contribution is 0.0303. The van der Waals surface area contributed by atoms with Crippen molar-refractivity contribution in [1.29, 1.82) is 0 Å². The second-order valence-electron chi connectivity index (χ2n) is 9.84. The van der Waals surface area contributed by atoms with Crippen LogP contribution in [-0.4, -0.2) is 61.0 Å². The van der Waals surface area contributed by atoms with Crippen molar-refractivity contribution in [3.8, 4) is 16.9 Å². The van der Waals surface area contributed by atoms with Crippen molar-refractivity contribution < 1.29 is 28.2 Å². The van der Waals surface area contributed by atoms with Crippen LogP contribution in [0.2, 0.25) is 0 Å². The summed E-state index contributed by atoms with van der Waals surface area (Å²) in [6.07, 6.45) is -0.532. The van der Waals surface area contributed by atoms with E-state index in [9.17, 15) is 14.0 Å². The number of hydrogen-bond acceptors (Lipinski definition) is 5. The quantitative estimate of drug-likeness (QED) is 0.662. The molecule has 8 heteroatoms. The van der Waals surface area contributed by atoms with Crippen LogP contribution in [0.5, 0.6) is 5.75 Å². The van der Waals surface area contributed by atoms with Crippen LogP contribution in [0.25, 0.3) is 11.1 Å². The van der Waals surface area contributed by atoms with Gasteiger partial charge in [-0.2, -0.15) is 0 Å². The van der Waals surface area contributed by atoms with Crippen LogP contribution < -0.4 is 10.1 Å². The van der Waals surface area contributed by atoms with Crippen LogP contribution >= 0.6 is 0 Å². The van der Waals surface area contributed by atoms with Gasteiger partial charge in [0.05, 0.1) is 19.8 Å². The van der Waals surface area contributed by atoms with Gasteiger partial charge >= 0.3 is 6.09 Å². The molecule has 1 N–H and O–H groups in total. The number of ether oxygens (including phenoxy) is 3. The summed E-state index contributed by atoms with van der Waals surface area (Å²) < 4.78 is 31.2. The van der Waals surface area contributed by atoms with Crippen molar-refractivity contribution in [2.45, 2.75) is 45.8 Å². The fraction of sp³-hybridized carbons (Fsp3) is 0.462. The summed E-state index contributed by atoms with van der Waals surface area (Å²) in [5.41, 5.74) is 0.182. The molecule has 0 radical (unpaired) electrons. The molecule has 3 rings (SSSR count). The number of carbonyl (C=O) groups is 2. The summed E-state index contributed by atoms with van der Waals surface area (Å²) in [5.74, 6) is -0.00297. The molecule has 0 saturated carbocycles. The van der Waals surface area contributed by atoms with Crippen molar-refractivity contribution >= 4 is 12.0 Å². The Bertz CT molecular complexity index is 1010. The van der Waals surface area contributed by atoms with Crippen molar-refractivity contribution in [1.82, 2.24) is 10.2 Å². The predicted molar refractivity (Wildman–Crippen MR) is 128 cm³/mol. The first kappa shape index (κ1) is 25.5. The Morgan fingerprint density at radius 3 is 2.29 bits per heavy atom. The molecule has 2 aromatic rings. The number of benzene rings is 2. The van der Waals surface area contributed by atoms with E-state index in [2.05, 4.69) is 5.32 Å². The molecule has 1 heterocycles. The molecule has 184 valence electrons. The Hall–Kier alpha value is -3.13. The number of halogens is 1. The van der Waals surface area contributed by atoms with Gasteiger partial charge < -0.3 is 24.4 Å². The lowest BCUT2D eigenvalue weighted by atomic mass is 10.0. The van der Waals surface area contributed by atoms with E-state index in [4.69, 9.17) is 14.2 Å². The van der Waals surface area contributed by atoms with Crippen LogP contribution in [0.4, 0.5) is 9.18 Å². The molecular weight excluding hydrogens is 439 g/mol. The number of rotatable bonds is 6. The molecule has 1 aliphatic heterocycles. The number of alkyl carbamates (subject to hydrolysis) is 1. The van der Waals surface area contributed by atoms with Gasteiger partial charge in [-0.1, -0.05) is 12.1 Å². The zero-order valence-electron chi connectivity index (χ0n) is 20.4. The average molecular weight is 473 g/mol. The summed E-state index contributed by atoms with van der Waals surface area (Å²) in [7, 11) is 0. The fourth-order valence-corrected chi connectivity index (χ4v) is 3.48. The molecule has 0 aliphatic carbocycles. The van der Waals surface area contributed by atoms with Gasteiger partial charge in [0.15, 0.2) is 0 Å². The predicted octanol–water partition coefficient (Wildman–Crippen LogP) is 4.65. The minimum absolute atomic E-state index is 0.0633. The number of nitrogens with zero attached hydrogens (tertiary/aromatic N) is 1. The first-order valence-electron chi connectivity index (χ1n) is 11.4. The molecule has 0 atom stereocenters. The Kier molecular flexibility index (Phi) is 7.82. The molecule has 0 spiro atoms. The van der Waals surface area contributed by atoms with Gasteiger partial charge in [0.1, 0.15) is 22.8 Å².